The number of aryl methyl sites for hydroxylation is 5. The van der Waals surface area contributed by atoms with Crippen molar-refractivity contribution in [2.45, 2.75) is 150 Å². The number of rotatable bonds is 53. The smallest absolute Gasteiger partial charge is 0.319 e. The van der Waals surface area contributed by atoms with Gasteiger partial charge in [-0.3, -0.25) is 49.3 Å². The van der Waals surface area contributed by atoms with Crippen LogP contribution >= 0.6 is 87.3 Å². The predicted octanol–water partition coefficient (Wildman–Crippen LogP) is 10.1. The third kappa shape index (κ3) is 64.8. The lowest BCUT2D eigenvalue weighted by Crippen LogP contribution is -2.38. The minimum absolute atomic E-state index is 0. The number of nitrogen functional groups attached to an aromatic ring is 4. The van der Waals surface area contributed by atoms with Crippen LogP contribution in [0.4, 0.5) is 23.3 Å². The van der Waals surface area contributed by atoms with Crippen molar-refractivity contribution >= 4 is 163 Å². The number of aromatic nitrogens is 4. The van der Waals surface area contributed by atoms with E-state index >= 15 is 0 Å². The van der Waals surface area contributed by atoms with Crippen LogP contribution in [-0.2, 0) is 65.6 Å². The highest BCUT2D eigenvalue weighted by Crippen LogP contribution is 2.22. The number of nitrogens with zero attached hydrogens (tertiary/aromatic N) is 5. The Balaban J connectivity index is 0. The van der Waals surface area contributed by atoms with Crippen molar-refractivity contribution in [2.75, 3.05) is 153 Å². The molecule has 42 heteroatoms. The molecule has 0 aliphatic rings. The Hall–Kier alpha value is -9.92. The van der Waals surface area contributed by atoms with E-state index in [0.717, 1.165) is 104 Å². The summed E-state index contributed by atoms with van der Waals surface area (Å²) >= 11 is 15.4. The molecule has 7 aromatic rings. The summed E-state index contributed by atoms with van der Waals surface area (Å²) in [6.45, 7) is 18.6. The number of amides is 5. The molecule has 0 bridgehead atoms. The van der Waals surface area contributed by atoms with E-state index in [1.807, 2.05) is 72.8 Å². The molecular formula is C90H141BrCl3IN22O14S. The van der Waals surface area contributed by atoms with Crippen LogP contribution in [0.5, 0.6) is 28.7 Å². The van der Waals surface area contributed by atoms with E-state index < -0.39 is 17.7 Å². The molecule has 0 atom stereocenters. The van der Waals surface area contributed by atoms with Gasteiger partial charge in [-0.2, -0.15) is 0 Å². The monoisotopic (exact) mass is 2100 g/mol. The topological polar surface area (TPSA) is 604 Å². The Morgan fingerprint density at radius 3 is 0.985 bits per heavy atom. The molecule has 0 saturated heterocycles. The first-order valence-corrected chi connectivity index (χ1v) is 46.4. The molecule has 2 heterocycles. The molecule has 5 aromatic carbocycles. The summed E-state index contributed by atoms with van der Waals surface area (Å²) in [7, 11) is 0. The van der Waals surface area contributed by atoms with Gasteiger partial charge in [-0.1, -0.05) is 171 Å². The third-order valence-electron chi connectivity index (χ3n) is 17.3. The largest absolute Gasteiger partial charge is 0.492 e. The number of esters is 2. The number of unbranched alkanes of at least 4 members (excludes halogenated alkanes) is 8. The number of thioether (sulfide) groups is 1. The molecule has 27 N–H and O–H groups in total. The van der Waals surface area contributed by atoms with Crippen LogP contribution in [0.15, 0.2) is 126 Å². The molecule has 0 aliphatic carbocycles. The molecule has 132 heavy (non-hydrogen) atoms. The number of alkyl halides is 1. The fourth-order valence-corrected chi connectivity index (χ4v) is 11.2. The first kappa shape index (κ1) is 124. The molecule has 0 radical (unpaired) electrons. The number of nitrogens with one attached hydrogen (secondary N) is 7. The highest BCUT2D eigenvalue weighted by Gasteiger charge is 2.19. The van der Waals surface area contributed by atoms with Gasteiger partial charge in [0.25, 0.3) is 11.8 Å². The van der Waals surface area contributed by atoms with E-state index in [2.05, 4.69) is 147 Å². The highest BCUT2D eigenvalue weighted by molar-refractivity contribution is 14.0. The number of ether oxygens (including phenoxy) is 7. The normalized spacial score (nSPS) is 10.2. The van der Waals surface area contributed by atoms with Gasteiger partial charge in [0, 0.05) is 39.3 Å². The number of aliphatic imine (C=N–C) groups is 1. The van der Waals surface area contributed by atoms with Crippen molar-refractivity contribution in [1.82, 2.24) is 51.8 Å². The number of benzene rings is 5. The molecule has 0 saturated carbocycles. The van der Waals surface area contributed by atoms with E-state index in [0.29, 0.717) is 90.8 Å². The maximum atomic E-state index is 12.2. The Morgan fingerprint density at radius 2 is 0.705 bits per heavy atom. The Kier molecular flexibility index (Phi) is 75.9. The van der Waals surface area contributed by atoms with Gasteiger partial charge in [-0.15, -0.1) is 36.4 Å². The second-order valence-electron chi connectivity index (χ2n) is 28.2. The second-order valence-corrected chi connectivity index (χ2v) is 30.2. The number of primary amides is 3. The van der Waals surface area contributed by atoms with Crippen LogP contribution in [0, 0.1) is 5.41 Å². The van der Waals surface area contributed by atoms with E-state index in [9.17, 15) is 33.6 Å². The SMILES string of the molecule is CCCCCc1ccc(OCCN)cc1.CCCCCc1ccc(OCCNCC(=O)OCC)cc1.CCCCCc1ccc(OCCNCC(N)=O)cc1.CCOC(=O)CBr.CSC(=N)NC(=O)c1nc(Cl)c(N)nc1N.Cl.I.NC(=O)CNCCOc1ccc(CCCCN=C(N)NC(=O)c2nc(Cl)c(N)nc2N)cc1.NCCCCc1ccc(OCCNCC(N)=O)cc1. The van der Waals surface area contributed by atoms with E-state index in [-0.39, 0.29) is 142 Å². The summed E-state index contributed by atoms with van der Waals surface area (Å²) in [6.07, 6.45) is 22.2. The molecular weight excluding hydrogens is 1960 g/mol. The number of anilines is 4. The zero-order chi connectivity index (χ0) is 96.3. The van der Waals surface area contributed by atoms with Gasteiger partial charge in [0.2, 0.25) is 17.7 Å². The van der Waals surface area contributed by atoms with Crippen LogP contribution in [0.1, 0.15) is 167 Å². The highest BCUT2D eigenvalue weighted by atomic mass is 127. The van der Waals surface area contributed by atoms with Gasteiger partial charge in [-0.25, -0.2) is 19.9 Å². The van der Waals surface area contributed by atoms with Gasteiger partial charge >= 0.3 is 11.9 Å². The third-order valence-corrected chi connectivity index (χ3v) is 18.8. The average molecular weight is 2100 g/mol. The van der Waals surface area contributed by atoms with Gasteiger partial charge in [-0.05, 0) is 192 Å². The van der Waals surface area contributed by atoms with E-state index in [4.69, 9.17) is 114 Å². The zero-order valence-corrected chi connectivity index (χ0v) is 83.9. The van der Waals surface area contributed by atoms with Crippen molar-refractivity contribution in [3.8, 4) is 28.7 Å². The molecule has 0 unspecified atom stereocenters. The number of hydrogen-bond donors (Lipinski definition) is 17. The van der Waals surface area contributed by atoms with Crippen LogP contribution in [0.25, 0.3) is 0 Å². The number of halogens is 5. The number of guanidine groups is 1. The molecule has 2 aromatic heterocycles. The van der Waals surface area contributed by atoms with Crippen LogP contribution in [-0.4, -0.2) is 202 Å². The maximum Gasteiger partial charge on any atom is 0.319 e. The van der Waals surface area contributed by atoms with Crippen molar-refractivity contribution in [3.05, 3.63) is 171 Å². The standard InChI is InChI=1S/C20H28ClN9O3.C17H27NO3.C15H24N2O2.C14H23N3O2.C13H21NO.C7H9ClN6OS.C4H7BrO2.ClH.HI/c21-16-18(24)29-17(23)15(28-16)19(32)30-20(25)27-8-2-1-3-12-4-6-13(7-5-12)33-10-9-26-11-14(22)31;1-3-5-6-7-15-8-10-16(11-9-15)21-13-12-18-14-17(19)20-4-2;1-2-3-4-5-13-6-8-14(9-7-13)19-11-10-17-12-15(16)18;15-8-2-1-3-12-4-6-13(7-5-12)19-10-9-17-11-14(16)18;1-2-3-4-5-12-6-8-13(9-7-12)15-11-10-14;1-16-7(11)14-6(15)2-4(9)13-5(10)3(8)12-2;1-2-7-4(6)3-5;;/h4-7,26H,1-3,8-11H2,(H2,22,31)(H4,23,24,29)(H3,25,27,30,32);8-11,18H,3-7,12-14H2,1-2H3;6-9,17H,2-5,10-12H2,1H3,(H2,16,18);4-7,17H,1-3,8-11,15H2,(H2,16,18);6-9H,2-5,10-11,14H2,1H3;1H3,(H4,9,10,13)(H2,11,14,15);2-3H2,1H3;2*1H. The summed E-state index contributed by atoms with van der Waals surface area (Å²) in [5.74, 6) is 0.916. The minimum Gasteiger partial charge on any atom is -0.492 e. The summed E-state index contributed by atoms with van der Waals surface area (Å²) in [5.41, 5.74) is 59.8. The Bertz CT molecular complexity index is 4260. The van der Waals surface area contributed by atoms with E-state index in [1.54, 1.807) is 20.1 Å². The van der Waals surface area contributed by atoms with Crippen molar-refractivity contribution < 1.29 is 66.7 Å². The van der Waals surface area contributed by atoms with Crippen LogP contribution < -0.4 is 113 Å². The van der Waals surface area contributed by atoms with Crippen LogP contribution in [0.3, 0.4) is 0 Å². The number of hydrogen-bond acceptors (Lipinski definition) is 31. The maximum absolute atomic E-state index is 12.2. The fourth-order valence-electron chi connectivity index (χ4n) is 10.6. The van der Waals surface area contributed by atoms with Crippen molar-refractivity contribution in [1.29, 1.82) is 5.41 Å². The van der Waals surface area contributed by atoms with Gasteiger partial charge in [0.1, 0.15) is 67.1 Å². The fraction of sp³-hybridized carbons (Fsp3) is 0.478. The van der Waals surface area contributed by atoms with Crippen molar-refractivity contribution in [3.63, 3.8) is 0 Å². The molecule has 0 aliphatic heterocycles. The van der Waals surface area contributed by atoms with Gasteiger partial charge in [0.15, 0.2) is 56.1 Å². The molecule has 5 amide bonds. The van der Waals surface area contributed by atoms with Crippen molar-refractivity contribution in [2.24, 2.45) is 39.4 Å². The summed E-state index contributed by atoms with van der Waals surface area (Å²) in [4.78, 5) is 95.6. The van der Waals surface area contributed by atoms with Gasteiger partial charge in [0.05, 0.1) is 39.4 Å². The molecule has 736 valence electrons. The predicted molar refractivity (Wildman–Crippen MR) is 547 cm³/mol. The Morgan fingerprint density at radius 1 is 0.409 bits per heavy atom. The molecule has 0 spiro atoms. The summed E-state index contributed by atoms with van der Waals surface area (Å²) < 4.78 is 37.0. The lowest BCUT2D eigenvalue weighted by Gasteiger charge is -2.08. The first-order chi connectivity index (χ1) is 62.6. The first-order valence-electron chi connectivity index (χ1n) is 43.3. The van der Waals surface area contributed by atoms with Gasteiger partial charge < -0.3 is 117 Å². The number of amidine groups is 1. The number of carbonyl (C=O) groups excluding carboxylic acids is 7. The Labute approximate surface area is 823 Å². The molecule has 0 fully saturated rings. The average Bonchev–Trinajstić information content (AvgIpc) is 0.837. The lowest BCUT2D eigenvalue weighted by atomic mass is 10.1. The lowest BCUT2D eigenvalue weighted by molar-refractivity contribution is -0.142. The number of carbonyl (C=O) groups is 7. The summed E-state index contributed by atoms with van der Waals surface area (Å²) in [5, 5.41) is 23.6. The number of nitrogens with two attached hydrogens (primary N) is 10. The molecule has 36 nitrogen and oxygen atoms in total. The summed E-state index contributed by atoms with van der Waals surface area (Å²) in [6, 6.07) is 40.7. The zero-order valence-electron chi connectivity index (χ0n) is 76.8. The second kappa shape index (κ2) is 80.7. The minimum atomic E-state index is -0.672. The van der Waals surface area contributed by atoms with Crippen LogP contribution in [0.2, 0.25) is 10.3 Å². The quantitative estimate of drug-likeness (QED) is 0.00421. The molecule has 7 rings (SSSR count). The van der Waals surface area contributed by atoms with E-state index in [1.165, 1.54) is 86.5 Å².